The van der Waals surface area contributed by atoms with Crippen molar-refractivity contribution in [3.63, 3.8) is 0 Å². The van der Waals surface area contributed by atoms with Crippen LogP contribution in [0.5, 0.6) is 0 Å². The molecule has 0 aromatic heterocycles. The molecule has 7 nitrogen and oxygen atoms in total. The van der Waals surface area contributed by atoms with Crippen LogP contribution in [0, 0.1) is 0 Å². The van der Waals surface area contributed by atoms with E-state index in [-0.39, 0.29) is 31.1 Å². The molecule has 0 bridgehead atoms. The van der Waals surface area contributed by atoms with E-state index in [4.69, 9.17) is 9.47 Å². The second kappa shape index (κ2) is 29.4. The van der Waals surface area contributed by atoms with Gasteiger partial charge in [-0.05, 0) is 19.3 Å². The Morgan fingerprint density at radius 2 is 1.03 bits per heavy atom. The zero-order chi connectivity index (χ0) is 28.8. The summed E-state index contributed by atoms with van der Waals surface area (Å²) in [5, 5.41) is 12.3. The van der Waals surface area contributed by atoms with Crippen molar-refractivity contribution in [2.75, 3.05) is 19.8 Å². The van der Waals surface area contributed by atoms with Crippen LogP contribution in [0.4, 0.5) is 0 Å². The summed E-state index contributed by atoms with van der Waals surface area (Å²) in [6.07, 6.45) is 24.6. The Hall–Kier alpha value is -1.63. The molecule has 0 unspecified atom stereocenters. The van der Waals surface area contributed by atoms with Crippen molar-refractivity contribution in [1.82, 2.24) is 5.32 Å². The molecule has 0 rings (SSSR count). The first kappa shape index (κ1) is 37.4. The van der Waals surface area contributed by atoms with E-state index in [2.05, 4.69) is 12.2 Å². The molecule has 0 aliphatic carbocycles. The topological polar surface area (TPSA) is 102 Å². The zero-order valence-corrected chi connectivity index (χ0v) is 25.5. The highest BCUT2D eigenvalue weighted by Gasteiger charge is 2.16. The number of aliphatic hydroxyl groups is 1. The van der Waals surface area contributed by atoms with Crippen molar-refractivity contribution in [1.29, 1.82) is 0 Å². The summed E-state index contributed by atoms with van der Waals surface area (Å²) in [7, 11) is 0. The van der Waals surface area contributed by atoms with Gasteiger partial charge in [0.2, 0.25) is 5.91 Å². The van der Waals surface area contributed by atoms with Crippen LogP contribution in [-0.4, -0.2) is 48.8 Å². The van der Waals surface area contributed by atoms with Crippen molar-refractivity contribution in [3.8, 4) is 0 Å². The molecule has 1 atom stereocenters. The van der Waals surface area contributed by atoms with Gasteiger partial charge in [-0.2, -0.15) is 0 Å². The Morgan fingerprint density at radius 1 is 0.615 bits per heavy atom. The van der Waals surface area contributed by atoms with E-state index < -0.39 is 6.10 Å². The number of unbranched alkanes of at least 4 members (excludes halogenated alkanes) is 19. The first-order valence-corrected chi connectivity index (χ1v) is 16.2. The van der Waals surface area contributed by atoms with Gasteiger partial charge in [0.25, 0.3) is 0 Å². The third kappa shape index (κ3) is 29.2. The second-order valence-corrected chi connectivity index (χ2v) is 11.0. The van der Waals surface area contributed by atoms with E-state index >= 15 is 0 Å². The van der Waals surface area contributed by atoms with E-state index in [0.29, 0.717) is 12.8 Å². The van der Waals surface area contributed by atoms with Gasteiger partial charge >= 0.3 is 11.9 Å². The predicted octanol–water partition coefficient (Wildman–Crippen LogP) is 7.56. The van der Waals surface area contributed by atoms with Crippen LogP contribution >= 0.6 is 0 Å². The Balaban J connectivity index is 3.52. The fraction of sp³-hybridized carbons (Fsp3) is 0.906. The number of hydrogen-bond donors (Lipinski definition) is 2. The number of carbonyl (C=O) groups excluding carboxylic acids is 3. The lowest BCUT2D eigenvalue weighted by molar-refractivity contribution is -0.161. The number of hydrogen-bond acceptors (Lipinski definition) is 6. The highest BCUT2D eigenvalue weighted by molar-refractivity contribution is 5.72. The largest absolute Gasteiger partial charge is 0.462 e. The van der Waals surface area contributed by atoms with Crippen LogP contribution in [0.1, 0.15) is 162 Å². The fourth-order valence-corrected chi connectivity index (χ4v) is 4.63. The maximum absolute atomic E-state index is 12.0. The highest BCUT2D eigenvalue weighted by Crippen LogP contribution is 2.13. The number of aliphatic hydroxyl groups excluding tert-OH is 1. The molecule has 0 heterocycles. The normalized spacial score (nSPS) is 11.8. The lowest BCUT2D eigenvalue weighted by Crippen LogP contribution is -2.28. The lowest BCUT2D eigenvalue weighted by Gasteiger charge is -2.15. The molecule has 0 aromatic rings. The molecule has 0 aromatic carbocycles. The van der Waals surface area contributed by atoms with Crippen LogP contribution in [0.2, 0.25) is 0 Å². The monoisotopic (exact) mass is 555 g/mol. The Kier molecular flexibility index (Phi) is 28.1. The molecular formula is C32H61NO6. The van der Waals surface area contributed by atoms with E-state index in [1.807, 2.05) is 0 Å². The molecule has 0 radical (unpaired) electrons. The van der Waals surface area contributed by atoms with E-state index in [9.17, 15) is 19.5 Å². The van der Waals surface area contributed by atoms with Gasteiger partial charge in [-0.1, -0.05) is 122 Å². The second-order valence-electron chi connectivity index (χ2n) is 11.0. The van der Waals surface area contributed by atoms with Gasteiger partial charge in [0.05, 0.1) is 6.61 Å². The fourth-order valence-electron chi connectivity index (χ4n) is 4.63. The predicted molar refractivity (Wildman–Crippen MR) is 158 cm³/mol. The van der Waals surface area contributed by atoms with E-state index in [1.54, 1.807) is 6.92 Å². The molecule has 1 amide bonds. The first-order chi connectivity index (χ1) is 19.0. The zero-order valence-electron chi connectivity index (χ0n) is 25.5. The number of rotatable bonds is 29. The van der Waals surface area contributed by atoms with Gasteiger partial charge in [-0.3, -0.25) is 14.4 Å². The quantitative estimate of drug-likeness (QED) is 0.0729. The van der Waals surface area contributed by atoms with Gasteiger partial charge < -0.3 is 19.9 Å². The summed E-state index contributed by atoms with van der Waals surface area (Å²) in [5.74, 6) is -0.563. The van der Waals surface area contributed by atoms with Crippen LogP contribution in [0.25, 0.3) is 0 Å². The van der Waals surface area contributed by atoms with Gasteiger partial charge in [-0.25, -0.2) is 0 Å². The van der Waals surface area contributed by atoms with Crippen molar-refractivity contribution in [2.24, 2.45) is 0 Å². The smallest absolute Gasteiger partial charge is 0.306 e. The SMILES string of the molecule is CCCCCCCCCCCC(=O)O[C@H](CO)COC(=O)CCCCCCCCCCCCCCNC(C)=O. The molecule has 230 valence electrons. The first-order valence-electron chi connectivity index (χ1n) is 16.2. The van der Waals surface area contributed by atoms with Gasteiger partial charge in [-0.15, -0.1) is 0 Å². The number of ether oxygens (including phenoxy) is 2. The number of carbonyl (C=O) groups is 3. The van der Waals surface area contributed by atoms with Gasteiger partial charge in [0.1, 0.15) is 6.61 Å². The van der Waals surface area contributed by atoms with Gasteiger partial charge in [0, 0.05) is 26.3 Å². The Morgan fingerprint density at radius 3 is 1.46 bits per heavy atom. The van der Waals surface area contributed by atoms with Crippen molar-refractivity contribution < 1.29 is 29.0 Å². The summed E-state index contributed by atoms with van der Waals surface area (Å²) in [4.78, 5) is 34.8. The molecule has 0 saturated carbocycles. The maximum Gasteiger partial charge on any atom is 0.306 e. The molecular weight excluding hydrogens is 494 g/mol. The summed E-state index contributed by atoms with van der Waals surface area (Å²) in [5.41, 5.74) is 0. The third-order valence-corrected chi connectivity index (χ3v) is 7.10. The molecule has 0 fully saturated rings. The summed E-state index contributed by atoms with van der Waals surface area (Å²) in [6, 6.07) is 0. The number of esters is 2. The third-order valence-electron chi connectivity index (χ3n) is 7.10. The van der Waals surface area contributed by atoms with Crippen molar-refractivity contribution in [2.45, 2.75) is 168 Å². The molecule has 0 aliphatic heterocycles. The maximum atomic E-state index is 12.0. The van der Waals surface area contributed by atoms with Crippen LogP contribution in [0.3, 0.4) is 0 Å². The molecule has 0 saturated heterocycles. The molecule has 0 aliphatic rings. The minimum Gasteiger partial charge on any atom is -0.462 e. The molecule has 0 spiro atoms. The minimum absolute atomic E-state index is 0.0557. The average molecular weight is 556 g/mol. The Labute approximate surface area is 239 Å². The average Bonchev–Trinajstić information content (AvgIpc) is 2.92. The molecule has 7 heteroatoms. The van der Waals surface area contributed by atoms with Crippen molar-refractivity contribution in [3.05, 3.63) is 0 Å². The standard InChI is InChI=1S/C32H61NO6/c1-3-4-5-6-7-12-16-19-22-25-32(37)39-30(27-34)28-38-31(36)24-21-18-15-13-10-8-9-11-14-17-20-23-26-33-29(2)35/h30,34H,3-28H2,1-2H3,(H,33,35)/t30-/m1/s1. The molecule has 2 N–H and O–H groups in total. The number of nitrogens with one attached hydrogen (secondary N) is 1. The van der Waals surface area contributed by atoms with Crippen molar-refractivity contribution >= 4 is 17.8 Å². The Bertz CT molecular complexity index is 583. The van der Waals surface area contributed by atoms with Crippen LogP contribution in [0.15, 0.2) is 0 Å². The lowest BCUT2D eigenvalue weighted by atomic mass is 10.0. The minimum atomic E-state index is -0.774. The summed E-state index contributed by atoms with van der Waals surface area (Å²) in [6.45, 7) is 4.17. The van der Waals surface area contributed by atoms with E-state index in [0.717, 1.165) is 51.5 Å². The van der Waals surface area contributed by atoms with Crippen LogP contribution < -0.4 is 5.32 Å². The molecule has 39 heavy (non-hydrogen) atoms. The summed E-state index contributed by atoms with van der Waals surface area (Å²) < 4.78 is 10.5. The highest BCUT2D eigenvalue weighted by atomic mass is 16.6. The summed E-state index contributed by atoms with van der Waals surface area (Å²) >= 11 is 0. The van der Waals surface area contributed by atoms with Crippen LogP contribution in [-0.2, 0) is 23.9 Å². The number of amides is 1. The van der Waals surface area contributed by atoms with E-state index in [1.165, 1.54) is 89.9 Å². The van der Waals surface area contributed by atoms with Gasteiger partial charge in [0.15, 0.2) is 6.10 Å².